The summed E-state index contributed by atoms with van der Waals surface area (Å²) in [6, 6.07) is 8.42. The minimum Gasteiger partial charge on any atom is -0.324 e. The van der Waals surface area contributed by atoms with Crippen molar-refractivity contribution >= 4 is 65.8 Å². The molecule has 0 aliphatic carbocycles. The van der Waals surface area contributed by atoms with E-state index in [-0.39, 0.29) is 6.04 Å². The number of halogens is 3. The second-order valence-corrected chi connectivity index (χ2v) is 7.70. The molecule has 2 rings (SSSR count). The fourth-order valence-electron chi connectivity index (χ4n) is 1.59. The summed E-state index contributed by atoms with van der Waals surface area (Å²) in [7, 11) is 0. The third kappa shape index (κ3) is 3.76. The first-order chi connectivity index (χ1) is 8.06. The third-order valence-corrected chi connectivity index (χ3v) is 5.60. The van der Waals surface area contributed by atoms with Crippen molar-refractivity contribution < 1.29 is 0 Å². The number of rotatable bonds is 3. The molecule has 2 N–H and O–H groups in total. The average molecular weight is 487 g/mol. The summed E-state index contributed by atoms with van der Waals surface area (Å²) in [5, 5.41) is 2.09. The van der Waals surface area contributed by atoms with Gasteiger partial charge >= 0.3 is 0 Å². The Hall–Kier alpha value is 0.570. The van der Waals surface area contributed by atoms with E-state index in [9.17, 15) is 0 Å². The first-order valence-corrected chi connectivity index (χ1v) is 8.54. The summed E-state index contributed by atoms with van der Waals surface area (Å²) in [5.41, 5.74) is 7.47. The molecule has 0 radical (unpaired) electrons. The molecule has 1 heterocycles. The summed E-state index contributed by atoms with van der Waals surface area (Å²) in [5.74, 6) is 0. The van der Waals surface area contributed by atoms with E-state index in [1.807, 2.05) is 6.07 Å². The summed E-state index contributed by atoms with van der Waals surface area (Å²) in [4.78, 5) is 1.31. The molecule has 0 spiro atoms. The predicted molar refractivity (Wildman–Crippen MR) is 89.5 cm³/mol. The van der Waals surface area contributed by atoms with Crippen LogP contribution >= 0.6 is 65.8 Å². The quantitative estimate of drug-likeness (QED) is 0.599. The minimum atomic E-state index is 0.0462. The Morgan fingerprint density at radius 3 is 2.65 bits per heavy atom. The van der Waals surface area contributed by atoms with Crippen LogP contribution in [-0.2, 0) is 6.42 Å². The Bertz CT molecular complexity index is 527. The zero-order valence-electron chi connectivity index (χ0n) is 8.79. The van der Waals surface area contributed by atoms with Crippen molar-refractivity contribution in [2.75, 3.05) is 0 Å². The Morgan fingerprint density at radius 1 is 1.24 bits per heavy atom. The molecule has 0 bridgehead atoms. The van der Waals surface area contributed by atoms with Crippen LogP contribution in [0.15, 0.2) is 38.6 Å². The van der Waals surface area contributed by atoms with Gasteiger partial charge in [0.15, 0.2) is 0 Å². The summed E-state index contributed by atoms with van der Waals surface area (Å²) in [6.45, 7) is 0. The molecule has 0 aliphatic rings. The Morgan fingerprint density at radius 2 is 2.00 bits per heavy atom. The average Bonchev–Trinajstić information content (AvgIpc) is 2.67. The van der Waals surface area contributed by atoms with Gasteiger partial charge in [0.05, 0.1) is 0 Å². The third-order valence-electron chi connectivity index (χ3n) is 2.40. The van der Waals surface area contributed by atoms with E-state index in [1.54, 1.807) is 11.3 Å². The molecule has 0 saturated heterocycles. The van der Waals surface area contributed by atoms with Gasteiger partial charge in [0, 0.05) is 35.2 Å². The van der Waals surface area contributed by atoms with E-state index < -0.39 is 0 Å². The van der Waals surface area contributed by atoms with Crippen LogP contribution in [0, 0.1) is 3.57 Å². The first-order valence-electron chi connectivity index (χ1n) is 4.99. The molecule has 0 fully saturated rings. The van der Waals surface area contributed by atoms with Gasteiger partial charge in [-0.15, -0.1) is 11.3 Å². The zero-order chi connectivity index (χ0) is 12.4. The van der Waals surface area contributed by atoms with Gasteiger partial charge in [-0.05, 0) is 68.3 Å². The second-order valence-electron chi connectivity index (χ2n) is 3.71. The van der Waals surface area contributed by atoms with Crippen LogP contribution in [0.25, 0.3) is 0 Å². The molecule has 90 valence electrons. The van der Waals surface area contributed by atoms with E-state index in [2.05, 4.69) is 78.0 Å². The Kier molecular flexibility index (Phi) is 5.06. The monoisotopic (exact) mass is 485 g/mol. The number of hydrogen-bond acceptors (Lipinski definition) is 2. The molecule has 2 aromatic rings. The maximum Gasteiger partial charge on any atom is 0.0354 e. The van der Waals surface area contributed by atoms with Gasteiger partial charge in [-0.25, -0.2) is 0 Å². The lowest BCUT2D eigenvalue weighted by atomic mass is 10.0. The van der Waals surface area contributed by atoms with Gasteiger partial charge in [-0.3, -0.25) is 0 Å². The predicted octanol–water partition coefficient (Wildman–Crippen LogP) is 5.12. The largest absolute Gasteiger partial charge is 0.324 e. The molecule has 0 saturated carbocycles. The van der Waals surface area contributed by atoms with Gasteiger partial charge in [0.25, 0.3) is 0 Å². The lowest BCUT2D eigenvalue weighted by Gasteiger charge is -2.13. The van der Waals surface area contributed by atoms with Crippen molar-refractivity contribution in [1.82, 2.24) is 0 Å². The van der Waals surface area contributed by atoms with E-state index >= 15 is 0 Å². The fraction of sp³-hybridized carbons (Fsp3) is 0.167. The highest BCUT2D eigenvalue weighted by Gasteiger charge is 2.12. The molecule has 5 heteroatoms. The molecule has 17 heavy (non-hydrogen) atoms. The van der Waals surface area contributed by atoms with Crippen LogP contribution in [0.4, 0.5) is 0 Å². The molecule has 0 amide bonds. The van der Waals surface area contributed by atoms with Crippen molar-refractivity contribution in [2.45, 2.75) is 12.5 Å². The lowest BCUT2D eigenvalue weighted by Crippen LogP contribution is -2.14. The first kappa shape index (κ1) is 14.0. The molecule has 1 aromatic heterocycles. The van der Waals surface area contributed by atoms with Gasteiger partial charge < -0.3 is 5.73 Å². The maximum absolute atomic E-state index is 6.27. The van der Waals surface area contributed by atoms with E-state index in [0.29, 0.717) is 0 Å². The highest BCUT2D eigenvalue weighted by atomic mass is 127. The number of benzene rings is 1. The second kappa shape index (κ2) is 6.14. The van der Waals surface area contributed by atoms with Crippen molar-refractivity contribution in [3.63, 3.8) is 0 Å². The number of nitrogens with two attached hydrogens (primary N) is 1. The van der Waals surface area contributed by atoms with Crippen molar-refractivity contribution in [3.8, 4) is 0 Å². The maximum atomic E-state index is 6.27. The number of hydrogen-bond donors (Lipinski definition) is 1. The van der Waals surface area contributed by atoms with E-state index in [0.717, 1.165) is 15.4 Å². The number of thiophene rings is 1. The highest BCUT2D eigenvalue weighted by molar-refractivity contribution is 14.1. The van der Waals surface area contributed by atoms with Gasteiger partial charge in [-0.1, -0.05) is 15.9 Å². The highest BCUT2D eigenvalue weighted by Crippen LogP contribution is 2.28. The SMILES string of the molecule is NC(Cc1cc(Br)cs1)c1cc(Br)ccc1I. The van der Waals surface area contributed by atoms with Crippen molar-refractivity contribution in [1.29, 1.82) is 0 Å². The molecular formula is C12H10Br2INS. The molecule has 1 atom stereocenters. The molecule has 1 unspecified atom stereocenters. The van der Waals surface area contributed by atoms with Crippen LogP contribution in [0.3, 0.4) is 0 Å². The Balaban J connectivity index is 2.19. The smallest absolute Gasteiger partial charge is 0.0354 e. The van der Waals surface area contributed by atoms with Gasteiger partial charge in [0.1, 0.15) is 0 Å². The molecule has 1 aromatic carbocycles. The van der Waals surface area contributed by atoms with Gasteiger partial charge in [0.2, 0.25) is 0 Å². The van der Waals surface area contributed by atoms with Crippen LogP contribution in [0.2, 0.25) is 0 Å². The summed E-state index contributed by atoms with van der Waals surface area (Å²) in [6.07, 6.45) is 0.878. The van der Waals surface area contributed by atoms with Crippen LogP contribution in [0.1, 0.15) is 16.5 Å². The molecule has 0 aliphatic heterocycles. The van der Waals surface area contributed by atoms with Crippen LogP contribution in [0.5, 0.6) is 0 Å². The van der Waals surface area contributed by atoms with Crippen LogP contribution < -0.4 is 5.73 Å². The van der Waals surface area contributed by atoms with Crippen molar-refractivity contribution in [3.05, 3.63) is 52.6 Å². The molecular weight excluding hydrogens is 477 g/mol. The van der Waals surface area contributed by atoms with Gasteiger partial charge in [-0.2, -0.15) is 0 Å². The van der Waals surface area contributed by atoms with Crippen molar-refractivity contribution in [2.24, 2.45) is 5.73 Å². The topological polar surface area (TPSA) is 26.0 Å². The van der Waals surface area contributed by atoms with Crippen LogP contribution in [-0.4, -0.2) is 0 Å². The lowest BCUT2D eigenvalue weighted by molar-refractivity contribution is 0.725. The standard InChI is InChI=1S/C12H10Br2INS/c13-7-1-2-11(15)10(4-7)12(16)5-9-3-8(14)6-17-9/h1-4,6,12H,5,16H2. The van der Waals surface area contributed by atoms with E-state index in [4.69, 9.17) is 5.73 Å². The zero-order valence-corrected chi connectivity index (χ0v) is 14.9. The summed E-state index contributed by atoms with van der Waals surface area (Å²) < 4.78 is 3.43. The Labute approximate surface area is 135 Å². The normalized spacial score (nSPS) is 12.7. The minimum absolute atomic E-state index is 0.0462. The van der Waals surface area contributed by atoms with E-state index in [1.165, 1.54) is 14.0 Å². The fourth-order valence-corrected chi connectivity index (χ4v) is 4.21. The summed E-state index contributed by atoms with van der Waals surface area (Å²) >= 11 is 11.0. The molecule has 1 nitrogen and oxygen atoms in total.